The third-order valence-corrected chi connectivity index (χ3v) is 7.17. The molecule has 0 spiro atoms. The van der Waals surface area contributed by atoms with Crippen LogP contribution >= 0.6 is 0 Å². The molecule has 0 radical (unpaired) electrons. The van der Waals surface area contributed by atoms with Gasteiger partial charge in [-0.15, -0.1) is 0 Å². The van der Waals surface area contributed by atoms with Crippen molar-refractivity contribution in [1.82, 2.24) is 15.5 Å². The summed E-state index contributed by atoms with van der Waals surface area (Å²) in [7, 11) is 1.76. The number of fused-ring (bicyclic) bond motifs is 5. The number of benzene rings is 1. The molecule has 2 fully saturated rings. The van der Waals surface area contributed by atoms with Crippen molar-refractivity contribution < 1.29 is 9.59 Å². The van der Waals surface area contributed by atoms with Crippen LogP contribution in [0.2, 0.25) is 0 Å². The van der Waals surface area contributed by atoms with Gasteiger partial charge in [-0.05, 0) is 37.2 Å². The highest BCUT2D eigenvalue weighted by Gasteiger charge is 2.58. The van der Waals surface area contributed by atoms with E-state index < -0.39 is 0 Å². The molecule has 1 aliphatic heterocycles. The maximum absolute atomic E-state index is 12.8. The first-order chi connectivity index (χ1) is 14.8. The third-order valence-electron chi connectivity index (χ3n) is 7.17. The van der Waals surface area contributed by atoms with Gasteiger partial charge in [-0.1, -0.05) is 55.8 Å². The van der Waals surface area contributed by atoms with Crippen LogP contribution in [0.3, 0.4) is 0 Å². The number of likely N-dealkylation sites (tertiary alicyclic amines) is 1. The highest BCUT2D eigenvalue weighted by Crippen LogP contribution is 2.52. The van der Waals surface area contributed by atoms with Crippen molar-refractivity contribution in [3.63, 3.8) is 0 Å². The molecule has 6 heteroatoms. The van der Waals surface area contributed by atoms with E-state index in [2.05, 4.69) is 72.8 Å². The molecule has 2 amide bonds. The van der Waals surface area contributed by atoms with Crippen LogP contribution in [0.5, 0.6) is 0 Å². The topological polar surface area (TPSA) is 73.8 Å². The van der Waals surface area contributed by atoms with E-state index in [1.54, 1.807) is 7.05 Å². The van der Waals surface area contributed by atoms with E-state index in [0.717, 1.165) is 18.9 Å². The van der Waals surface area contributed by atoms with Gasteiger partial charge in [0, 0.05) is 32.1 Å². The lowest BCUT2D eigenvalue weighted by Crippen LogP contribution is -2.44. The number of guanidine groups is 1. The molecular formula is C25H34N4O2. The van der Waals surface area contributed by atoms with Crippen LogP contribution in [0.15, 0.2) is 41.4 Å². The summed E-state index contributed by atoms with van der Waals surface area (Å²) in [6.45, 7) is 8.39. The lowest BCUT2D eigenvalue weighted by atomic mass is 9.84. The fourth-order valence-electron chi connectivity index (χ4n) is 5.26. The molecule has 2 N–H and O–H groups in total. The summed E-state index contributed by atoms with van der Waals surface area (Å²) in [5, 5.41) is 6.72. The number of nitrogens with zero attached hydrogens (tertiary/aromatic N) is 2. The lowest BCUT2D eigenvalue weighted by Gasteiger charge is -2.27. The molecule has 4 rings (SSSR count). The summed E-state index contributed by atoms with van der Waals surface area (Å²) in [5.74, 6) is 1.15. The van der Waals surface area contributed by atoms with Crippen molar-refractivity contribution in [2.45, 2.75) is 39.0 Å². The maximum Gasteiger partial charge on any atom is 0.233 e. The van der Waals surface area contributed by atoms with Gasteiger partial charge in [-0.2, -0.15) is 0 Å². The molecule has 3 aliphatic rings. The number of carbonyl (C=O) groups excluding carboxylic acids is 2. The summed E-state index contributed by atoms with van der Waals surface area (Å²) < 4.78 is 0. The van der Waals surface area contributed by atoms with Crippen LogP contribution in [0, 0.1) is 30.6 Å². The average molecular weight is 423 g/mol. The van der Waals surface area contributed by atoms with Gasteiger partial charge in [0.2, 0.25) is 11.8 Å². The van der Waals surface area contributed by atoms with Crippen molar-refractivity contribution in [2.24, 2.45) is 28.7 Å². The molecule has 6 nitrogen and oxygen atoms in total. The van der Waals surface area contributed by atoms with Gasteiger partial charge in [0.05, 0.1) is 11.8 Å². The first-order valence-corrected chi connectivity index (χ1v) is 11.4. The fraction of sp³-hybridized carbons (Fsp3) is 0.560. The molecule has 1 aromatic carbocycles. The van der Waals surface area contributed by atoms with Gasteiger partial charge in [0.15, 0.2) is 5.96 Å². The van der Waals surface area contributed by atoms with Crippen molar-refractivity contribution in [1.29, 1.82) is 0 Å². The Kier molecular flexibility index (Phi) is 5.91. The molecule has 1 saturated carbocycles. The van der Waals surface area contributed by atoms with E-state index in [0.29, 0.717) is 19.5 Å². The number of hydrogen-bond donors (Lipinski definition) is 2. The minimum absolute atomic E-state index is 0.0363. The van der Waals surface area contributed by atoms with Gasteiger partial charge in [-0.25, -0.2) is 0 Å². The second-order valence-corrected chi connectivity index (χ2v) is 9.78. The Morgan fingerprint density at radius 3 is 2.26 bits per heavy atom. The standard InChI is InChI=1S/C25H34N4O2/c1-16-6-10-19(11-7-16)25(2,3)15-28-24(26-4)27-12-5-13-29-22(30)20-17-8-9-18(14-17)21(20)23(29)31/h6-11,17-18,20-21H,5,12-15H2,1-4H3,(H2,26,27,28). The second kappa shape index (κ2) is 8.48. The molecule has 1 aromatic rings. The van der Waals surface area contributed by atoms with Crippen LogP contribution in [-0.2, 0) is 15.0 Å². The van der Waals surface area contributed by atoms with Crippen LogP contribution in [0.4, 0.5) is 0 Å². The molecule has 2 aliphatic carbocycles. The molecule has 1 heterocycles. The normalized spacial score (nSPS) is 27.2. The van der Waals surface area contributed by atoms with Gasteiger partial charge in [-0.3, -0.25) is 19.5 Å². The summed E-state index contributed by atoms with van der Waals surface area (Å²) in [5.41, 5.74) is 2.50. The first-order valence-electron chi connectivity index (χ1n) is 11.4. The van der Waals surface area contributed by atoms with E-state index in [1.807, 2.05) is 0 Å². The molecule has 4 unspecified atom stereocenters. The van der Waals surface area contributed by atoms with Crippen molar-refractivity contribution in [3.05, 3.63) is 47.5 Å². The SMILES string of the molecule is CN=C(NCCCN1C(=O)C2C3C=CC(C3)C2C1=O)NCC(C)(C)c1ccc(C)cc1. The number of aliphatic imine (C=N–C) groups is 1. The summed E-state index contributed by atoms with van der Waals surface area (Å²) in [6.07, 6.45) is 5.95. The van der Waals surface area contributed by atoms with Crippen LogP contribution < -0.4 is 10.6 Å². The molecule has 1 saturated heterocycles. The molecule has 0 aromatic heterocycles. The fourth-order valence-corrected chi connectivity index (χ4v) is 5.26. The van der Waals surface area contributed by atoms with Gasteiger partial charge >= 0.3 is 0 Å². The Hall–Kier alpha value is -2.63. The monoisotopic (exact) mass is 422 g/mol. The Labute approximate surface area is 185 Å². The smallest absolute Gasteiger partial charge is 0.233 e. The second-order valence-electron chi connectivity index (χ2n) is 9.78. The Morgan fingerprint density at radius 2 is 1.68 bits per heavy atom. The van der Waals surface area contributed by atoms with Crippen LogP contribution in [0.1, 0.15) is 37.8 Å². The maximum atomic E-state index is 12.8. The van der Waals surface area contributed by atoms with Crippen molar-refractivity contribution >= 4 is 17.8 Å². The average Bonchev–Trinajstić information content (AvgIpc) is 3.43. The van der Waals surface area contributed by atoms with Gasteiger partial charge < -0.3 is 10.6 Å². The molecule has 31 heavy (non-hydrogen) atoms. The number of imide groups is 1. The zero-order valence-corrected chi connectivity index (χ0v) is 19.0. The zero-order chi connectivity index (χ0) is 22.2. The third kappa shape index (κ3) is 4.12. The Morgan fingerprint density at radius 1 is 1.06 bits per heavy atom. The highest BCUT2D eigenvalue weighted by molar-refractivity contribution is 6.06. The molecule has 166 valence electrons. The van der Waals surface area contributed by atoms with Gasteiger partial charge in [0.25, 0.3) is 0 Å². The molecule has 2 bridgehead atoms. The van der Waals surface area contributed by atoms with Crippen molar-refractivity contribution in [3.8, 4) is 0 Å². The number of rotatable bonds is 7. The number of amides is 2. The van der Waals surface area contributed by atoms with Crippen LogP contribution in [-0.4, -0.2) is 49.4 Å². The van der Waals surface area contributed by atoms with E-state index in [4.69, 9.17) is 0 Å². The van der Waals surface area contributed by atoms with E-state index in [-0.39, 0.29) is 40.9 Å². The summed E-state index contributed by atoms with van der Waals surface area (Å²) in [4.78, 5) is 31.3. The number of hydrogen-bond acceptors (Lipinski definition) is 3. The van der Waals surface area contributed by atoms with E-state index in [1.165, 1.54) is 16.0 Å². The summed E-state index contributed by atoms with van der Waals surface area (Å²) >= 11 is 0. The Bertz CT molecular complexity index is 873. The quantitative estimate of drug-likeness (QED) is 0.233. The molecular weight excluding hydrogens is 388 g/mol. The Balaban J connectivity index is 1.22. The first kappa shape index (κ1) is 21.6. The number of nitrogens with one attached hydrogen (secondary N) is 2. The molecule has 4 atom stereocenters. The predicted molar refractivity (Wildman–Crippen MR) is 123 cm³/mol. The van der Waals surface area contributed by atoms with Crippen LogP contribution in [0.25, 0.3) is 0 Å². The highest BCUT2D eigenvalue weighted by atomic mass is 16.2. The lowest BCUT2D eigenvalue weighted by molar-refractivity contribution is -0.140. The zero-order valence-electron chi connectivity index (χ0n) is 19.0. The predicted octanol–water partition coefficient (Wildman–Crippen LogP) is 2.63. The summed E-state index contributed by atoms with van der Waals surface area (Å²) in [6, 6.07) is 8.63. The number of carbonyl (C=O) groups is 2. The minimum Gasteiger partial charge on any atom is -0.356 e. The van der Waals surface area contributed by atoms with E-state index >= 15 is 0 Å². The minimum atomic E-state index is -0.103. The van der Waals surface area contributed by atoms with Crippen molar-refractivity contribution in [2.75, 3.05) is 26.7 Å². The van der Waals surface area contributed by atoms with E-state index in [9.17, 15) is 9.59 Å². The van der Waals surface area contributed by atoms with Gasteiger partial charge in [0.1, 0.15) is 0 Å². The largest absolute Gasteiger partial charge is 0.356 e. The number of aryl methyl sites for hydroxylation is 1. The number of allylic oxidation sites excluding steroid dienone is 2.